The van der Waals surface area contributed by atoms with Gasteiger partial charge in [0, 0.05) is 0 Å². The first kappa shape index (κ1) is 20.7. The average molecular weight is 376 g/mol. The summed E-state index contributed by atoms with van der Waals surface area (Å²) >= 11 is 0. The Morgan fingerprint density at radius 3 is 1.93 bits per heavy atom. The molecular formula is C21H23F3N2O. The van der Waals surface area contributed by atoms with Gasteiger partial charge in [-0.25, -0.2) is 0 Å². The van der Waals surface area contributed by atoms with Crippen molar-refractivity contribution in [3.8, 4) is 5.75 Å². The van der Waals surface area contributed by atoms with Gasteiger partial charge in [0.25, 0.3) is 0 Å². The first-order valence-electron chi connectivity index (χ1n) is 8.91. The zero-order valence-corrected chi connectivity index (χ0v) is 15.2. The minimum Gasteiger partial charge on any atom is -0.484 e. The Morgan fingerprint density at radius 1 is 0.852 bits per heavy atom. The van der Waals surface area contributed by atoms with Crippen LogP contribution in [0.3, 0.4) is 0 Å². The molecule has 0 aliphatic rings. The second-order valence-corrected chi connectivity index (χ2v) is 6.16. The van der Waals surface area contributed by atoms with Crippen molar-refractivity contribution in [1.29, 1.82) is 0 Å². The van der Waals surface area contributed by atoms with Crippen LogP contribution in [0, 0.1) is 0 Å². The molecule has 0 aromatic heterocycles. The second kappa shape index (κ2) is 10.5. The summed E-state index contributed by atoms with van der Waals surface area (Å²) in [7, 11) is 0. The molecule has 0 spiro atoms. The minimum absolute atomic E-state index is 0.159. The fourth-order valence-corrected chi connectivity index (χ4v) is 2.36. The van der Waals surface area contributed by atoms with E-state index in [-0.39, 0.29) is 5.75 Å². The summed E-state index contributed by atoms with van der Waals surface area (Å²) in [6.07, 6.45) is 3.60. The molecule has 27 heavy (non-hydrogen) atoms. The third-order valence-corrected chi connectivity index (χ3v) is 3.81. The van der Waals surface area contributed by atoms with Crippen LogP contribution in [-0.2, 0) is 6.42 Å². The standard InChI is InChI=1S/C21H23F3N2O/c1-2-3-4-5-17-6-8-18(9-7-17)14-25-26-15-19-10-12-20(13-11-19)27-16-21(22,23)24/h6-15H,2-5,16H2,1H3/b25-14+,26-15+. The van der Waals surface area contributed by atoms with E-state index in [9.17, 15) is 13.2 Å². The molecular weight excluding hydrogens is 353 g/mol. The van der Waals surface area contributed by atoms with E-state index in [4.69, 9.17) is 0 Å². The van der Waals surface area contributed by atoms with E-state index in [0.717, 1.165) is 17.5 Å². The maximum Gasteiger partial charge on any atom is 0.422 e. The largest absolute Gasteiger partial charge is 0.484 e. The lowest BCUT2D eigenvalue weighted by atomic mass is 10.1. The molecule has 6 heteroatoms. The van der Waals surface area contributed by atoms with E-state index >= 15 is 0 Å². The predicted octanol–water partition coefficient (Wildman–Crippen LogP) is 5.81. The lowest BCUT2D eigenvalue weighted by molar-refractivity contribution is -0.153. The summed E-state index contributed by atoms with van der Waals surface area (Å²) in [4.78, 5) is 0. The van der Waals surface area contributed by atoms with Gasteiger partial charge in [-0.05, 0) is 53.8 Å². The maximum atomic E-state index is 12.1. The molecule has 144 valence electrons. The van der Waals surface area contributed by atoms with Crippen LogP contribution in [0.25, 0.3) is 0 Å². The van der Waals surface area contributed by atoms with Gasteiger partial charge in [-0.1, -0.05) is 44.0 Å². The highest BCUT2D eigenvalue weighted by molar-refractivity contribution is 5.82. The van der Waals surface area contributed by atoms with E-state index < -0.39 is 12.8 Å². The number of hydrogen-bond donors (Lipinski definition) is 0. The zero-order valence-electron chi connectivity index (χ0n) is 15.2. The highest BCUT2D eigenvalue weighted by atomic mass is 19.4. The molecule has 2 aromatic carbocycles. The van der Waals surface area contributed by atoms with Crippen molar-refractivity contribution in [2.75, 3.05) is 6.61 Å². The van der Waals surface area contributed by atoms with Crippen LogP contribution in [-0.4, -0.2) is 25.2 Å². The summed E-state index contributed by atoms with van der Waals surface area (Å²) in [6.45, 7) is 0.887. The highest BCUT2D eigenvalue weighted by Crippen LogP contribution is 2.18. The summed E-state index contributed by atoms with van der Waals surface area (Å²) in [5.74, 6) is 0.159. The van der Waals surface area contributed by atoms with Crippen LogP contribution >= 0.6 is 0 Å². The van der Waals surface area contributed by atoms with Gasteiger partial charge in [-0.3, -0.25) is 0 Å². The van der Waals surface area contributed by atoms with Crippen molar-refractivity contribution in [2.45, 2.75) is 38.8 Å². The van der Waals surface area contributed by atoms with Crippen LogP contribution in [0.5, 0.6) is 5.75 Å². The first-order chi connectivity index (χ1) is 13.0. The lowest BCUT2D eigenvalue weighted by Gasteiger charge is -2.08. The molecule has 2 rings (SSSR count). The lowest BCUT2D eigenvalue weighted by Crippen LogP contribution is -2.19. The van der Waals surface area contributed by atoms with Crippen LogP contribution in [0.1, 0.15) is 42.9 Å². The molecule has 0 unspecified atom stereocenters. The zero-order chi connectivity index (χ0) is 19.5. The molecule has 0 heterocycles. The molecule has 0 saturated carbocycles. The molecule has 0 fully saturated rings. The Morgan fingerprint density at radius 2 is 1.41 bits per heavy atom. The van der Waals surface area contributed by atoms with Crippen LogP contribution in [0.2, 0.25) is 0 Å². The minimum atomic E-state index is -4.34. The van der Waals surface area contributed by atoms with Gasteiger partial charge in [0.05, 0.1) is 12.4 Å². The van der Waals surface area contributed by atoms with E-state index in [1.54, 1.807) is 18.3 Å². The van der Waals surface area contributed by atoms with Crippen molar-refractivity contribution >= 4 is 12.4 Å². The summed E-state index contributed by atoms with van der Waals surface area (Å²) in [5.41, 5.74) is 3.00. The maximum absolute atomic E-state index is 12.1. The molecule has 0 saturated heterocycles. The summed E-state index contributed by atoms with van der Waals surface area (Å²) < 4.78 is 40.9. The van der Waals surface area contributed by atoms with Gasteiger partial charge in [0.15, 0.2) is 6.61 Å². The number of unbranched alkanes of at least 4 members (excludes halogenated alkanes) is 2. The number of rotatable bonds is 9. The van der Waals surface area contributed by atoms with Crippen molar-refractivity contribution in [1.82, 2.24) is 0 Å². The van der Waals surface area contributed by atoms with Crippen LogP contribution < -0.4 is 4.74 Å². The van der Waals surface area contributed by atoms with Crippen molar-refractivity contribution < 1.29 is 17.9 Å². The molecule has 3 nitrogen and oxygen atoms in total. The quantitative estimate of drug-likeness (QED) is 0.309. The Bertz CT molecular complexity index is 736. The molecule has 0 bridgehead atoms. The average Bonchev–Trinajstić information content (AvgIpc) is 2.65. The first-order valence-corrected chi connectivity index (χ1v) is 8.91. The molecule has 2 aromatic rings. The Kier molecular flexibility index (Phi) is 8.04. The second-order valence-electron chi connectivity index (χ2n) is 6.16. The number of hydrogen-bond acceptors (Lipinski definition) is 3. The third kappa shape index (κ3) is 8.53. The normalized spacial score (nSPS) is 12.1. The van der Waals surface area contributed by atoms with Crippen molar-refractivity contribution in [3.63, 3.8) is 0 Å². The van der Waals surface area contributed by atoms with Gasteiger partial charge in [-0.2, -0.15) is 23.4 Å². The fourth-order valence-electron chi connectivity index (χ4n) is 2.36. The van der Waals surface area contributed by atoms with E-state index in [0.29, 0.717) is 0 Å². The van der Waals surface area contributed by atoms with Crippen LogP contribution in [0.4, 0.5) is 13.2 Å². The fraction of sp³-hybridized carbons (Fsp3) is 0.333. The Labute approximate surface area is 157 Å². The third-order valence-electron chi connectivity index (χ3n) is 3.81. The molecule has 0 amide bonds. The van der Waals surface area contributed by atoms with E-state index in [2.05, 4.69) is 34.0 Å². The van der Waals surface area contributed by atoms with Crippen molar-refractivity contribution in [2.24, 2.45) is 10.2 Å². The number of alkyl halides is 3. The predicted molar refractivity (Wildman–Crippen MR) is 103 cm³/mol. The molecule has 0 aliphatic heterocycles. The monoisotopic (exact) mass is 376 g/mol. The molecule has 0 radical (unpaired) electrons. The van der Waals surface area contributed by atoms with E-state index in [1.807, 2.05) is 12.1 Å². The van der Waals surface area contributed by atoms with Gasteiger partial charge < -0.3 is 4.74 Å². The Balaban J connectivity index is 1.82. The highest BCUT2D eigenvalue weighted by Gasteiger charge is 2.28. The van der Waals surface area contributed by atoms with E-state index in [1.165, 1.54) is 43.2 Å². The molecule has 0 aliphatic carbocycles. The SMILES string of the molecule is CCCCCc1ccc(/C=N/N=C/c2ccc(OCC(F)(F)F)cc2)cc1. The Hall–Kier alpha value is -2.63. The molecule has 0 atom stereocenters. The smallest absolute Gasteiger partial charge is 0.422 e. The number of halogens is 3. The number of nitrogens with zero attached hydrogens (tertiary/aromatic N) is 2. The van der Waals surface area contributed by atoms with Crippen LogP contribution in [0.15, 0.2) is 58.7 Å². The van der Waals surface area contributed by atoms with Gasteiger partial charge >= 0.3 is 6.18 Å². The van der Waals surface area contributed by atoms with Gasteiger partial charge in [0.1, 0.15) is 5.75 Å². The van der Waals surface area contributed by atoms with Gasteiger partial charge in [-0.15, -0.1) is 0 Å². The summed E-state index contributed by atoms with van der Waals surface area (Å²) in [6, 6.07) is 14.4. The molecule has 0 N–H and O–H groups in total. The number of ether oxygens (including phenoxy) is 1. The number of benzene rings is 2. The topological polar surface area (TPSA) is 34.0 Å². The summed E-state index contributed by atoms with van der Waals surface area (Å²) in [5, 5.41) is 7.96. The van der Waals surface area contributed by atoms with Gasteiger partial charge in [0.2, 0.25) is 0 Å². The van der Waals surface area contributed by atoms with Crippen molar-refractivity contribution in [3.05, 3.63) is 65.2 Å². The number of aryl methyl sites for hydroxylation is 1.